The van der Waals surface area contributed by atoms with Crippen LogP contribution in [0.15, 0.2) is 41.8 Å². The molecule has 0 aliphatic heterocycles. The first kappa shape index (κ1) is 27.6. The van der Waals surface area contributed by atoms with Crippen LogP contribution in [0.1, 0.15) is 50.5 Å². The number of nitrogen functional groups attached to an aromatic ring is 1. The van der Waals surface area contributed by atoms with Crippen molar-refractivity contribution in [2.45, 2.75) is 26.4 Å². The largest absolute Gasteiger partial charge is 0.494 e. The number of ether oxygens (including phenoxy) is 2. The smallest absolute Gasteiger partial charge is 0.325 e. The second-order valence-electron chi connectivity index (χ2n) is 7.58. The Labute approximate surface area is 221 Å². The first-order valence-electron chi connectivity index (χ1n) is 11.3. The van der Waals surface area contributed by atoms with Crippen LogP contribution in [0.25, 0.3) is 0 Å². The van der Waals surface area contributed by atoms with Crippen molar-refractivity contribution in [2.75, 3.05) is 25.5 Å². The molecule has 5 N–H and O–H groups in total. The van der Waals surface area contributed by atoms with Gasteiger partial charge in [-0.1, -0.05) is 18.2 Å². The van der Waals surface area contributed by atoms with Gasteiger partial charge in [0.15, 0.2) is 5.69 Å². The molecule has 1 atom stereocenters. The predicted octanol–water partition coefficient (Wildman–Crippen LogP) is 2.35. The summed E-state index contributed by atoms with van der Waals surface area (Å²) in [5, 5.41) is 4.40. The molecule has 3 aromatic rings. The zero-order chi connectivity index (χ0) is 26.9. The van der Waals surface area contributed by atoms with Gasteiger partial charge in [-0.3, -0.25) is 19.2 Å². The van der Waals surface area contributed by atoms with Crippen LogP contribution in [0.3, 0.4) is 0 Å². The molecule has 0 unspecified atom stereocenters. The summed E-state index contributed by atoms with van der Waals surface area (Å²) < 4.78 is 14.3. The maximum atomic E-state index is 13.8. The molecule has 0 aliphatic carbocycles. The lowest BCUT2D eigenvalue weighted by atomic mass is 10.0. The molecular formula is C24H27N5O6S2. The third-order valence-electron chi connectivity index (χ3n) is 5.10. The van der Waals surface area contributed by atoms with Crippen LogP contribution in [0.4, 0.5) is 5.69 Å². The minimum Gasteiger partial charge on any atom is -0.494 e. The number of benzene rings is 1. The number of aromatic nitrogens is 1. The van der Waals surface area contributed by atoms with E-state index in [1.807, 2.05) is 24.4 Å². The third-order valence-corrected chi connectivity index (χ3v) is 6.81. The van der Waals surface area contributed by atoms with E-state index in [4.69, 9.17) is 20.9 Å². The zero-order valence-corrected chi connectivity index (χ0v) is 21.9. The Hall–Kier alpha value is -3.97. The van der Waals surface area contributed by atoms with Gasteiger partial charge in [-0.15, -0.1) is 11.3 Å². The van der Waals surface area contributed by atoms with Crippen molar-refractivity contribution < 1.29 is 28.7 Å². The van der Waals surface area contributed by atoms with Crippen molar-refractivity contribution >= 4 is 52.2 Å². The average Bonchev–Trinajstić information content (AvgIpc) is 3.53. The summed E-state index contributed by atoms with van der Waals surface area (Å²) in [6.45, 7) is 3.79. The van der Waals surface area contributed by atoms with Gasteiger partial charge in [0, 0.05) is 4.88 Å². The molecule has 0 saturated heterocycles. The van der Waals surface area contributed by atoms with Gasteiger partial charge in [0.05, 0.1) is 25.4 Å². The Morgan fingerprint density at radius 3 is 2.41 bits per heavy atom. The third kappa shape index (κ3) is 6.83. The van der Waals surface area contributed by atoms with Crippen molar-refractivity contribution in [3.8, 4) is 5.75 Å². The molecule has 37 heavy (non-hydrogen) atoms. The van der Waals surface area contributed by atoms with E-state index >= 15 is 0 Å². The molecule has 13 heteroatoms. The normalized spacial score (nSPS) is 11.4. The van der Waals surface area contributed by atoms with Gasteiger partial charge in [-0.05, 0) is 54.5 Å². The highest BCUT2D eigenvalue weighted by atomic mass is 32.1. The Bertz CT molecular complexity index is 1240. The number of primary amides is 1. The fourth-order valence-corrected chi connectivity index (χ4v) is 4.93. The van der Waals surface area contributed by atoms with Gasteiger partial charge >= 0.3 is 5.97 Å². The number of esters is 1. The number of hydrogen-bond donors (Lipinski definition) is 3. The van der Waals surface area contributed by atoms with Gasteiger partial charge in [-0.25, -0.2) is 0 Å². The Morgan fingerprint density at radius 2 is 1.84 bits per heavy atom. The number of amides is 3. The molecule has 0 bridgehead atoms. The number of nitrogens with zero attached hydrogens (tertiary/aromatic N) is 2. The summed E-state index contributed by atoms with van der Waals surface area (Å²) in [7, 11) is 0. The monoisotopic (exact) mass is 545 g/mol. The number of anilines is 1. The highest BCUT2D eigenvalue weighted by Crippen LogP contribution is 2.31. The minimum absolute atomic E-state index is 0.0283. The predicted molar refractivity (Wildman–Crippen MR) is 139 cm³/mol. The summed E-state index contributed by atoms with van der Waals surface area (Å²) >= 11 is 2.12. The van der Waals surface area contributed by atoms with Crippen LogP contribution >= 0.6 is 22.9 Å². The highest BCUT2D eigenvalue weighted by molar-refractivity contribution is 7.10. The maximum absolute atomic E-state index is 13.8. The van der Waals surface area contributed by atoms with Gasteiger partial charge in [0.25, 0.3) is 11.8 Å². The molecule has 0 radical (unpaired) electrons. The number of thiophene rings is 1. The lowest BCUT2D eigenvalue weighted by molar-refractivity contribution is -0.143. The van der Waals surface area contributed by atoms with E-state index in [9.17, 15) is 19.2 Å². The molecule has 0 fully saturated rings. The lowest BCUT2D eigenvalue weighted by Gasteiger charge is -2.31. The van der Waals surface area contributed by atoms with Crippen LogP contribution in [0, 0.1) is 0 Å². The Balaban J connectivity index is 2.06. The van der Waals surface area contributed by atoms with Crippen LogP contribution in [0.5, 0.6) is 5.75 Å². The topological polar surface area (TPSA) is 167 Å². The molecule has 2 heterocycles. The lowest BCUT2D eigenvalue weighted by Crippen LogP contribution is -2.44. The standard InChI is InChI=1S/C24H27N5O6S2/c1-3-34-15-9-7-14(8-10-15)20(23(32)27-12-17(30)35-4-2)29(13-16-6-5-11-36-16)24(33)21-18(25)19(22(26)31)28-37-21/h5-11,20H,3-4,12-13,25H2,1-2H3,(H2,26,31)(H,27,32)/t20-/m1/s1. The molecule has 0 spiro atoms. The Morgan fingerprint density at radius 1 is 1.11 bits per heavy atom. The van der Waals surface area contributed by atoms with E-state index in [0.717, 1.165) is 16.4 Å². The molecule has 0 saturated carbocycles. The summed E-state index contributed by atoms with van der Waals surface area (Å²) in [6.07, 6.45) is 0. The zero-order valence-electron chi connectivity index (χ0n) is 20.3. The van der Waals surface area contributed by atoms with Crippen LogP contribution in [0.2, 0.25) is 0 Å². The first-order chi connectivity index (χ1) is 17.8. The summed E-state index contributed by atoms with van der Waals surface area (Å²) in [4.78, 5) is 53.0. The maximum Gasteiger partial charge on any atom is 0.325 e. The summed E-state index contributed by atoms with van der Waals surface area (Å²) in [5.74, 6) is -2.13. The first-order valence-corrected chi connectivity index (χ1v) is 13.0. The van der Waals surface area contributed by atoms with E-state index in [1.165, 1.54) is 16.2 Å². The van der Waals surface area contributed by atoms with Gasteiger partial charge < -0.3 is 31.2 Å². The SMILES string of the molecule is CCOC(=O)CNC(=O)[C@@H](c1ccc(OCC)cc1)N(Cc1cccs1)C(=O)c1snc(C(N)=O)c1N. The number of nitrogens with one attached hydrogen (secondary N) is 1. The average molecular weight is 546 g/mol. The highest BCUT2D eigenvalue weighted by Gasteiger charge is 2.35. The quantitative estimate of drug-likeness (QED) is 0.292. The second kappa shape index (κ2) is 12.8. The molecule has 196 valence electrons. The molecule has 0 aliphatic rings. The van der Waals surface area contributed by atoms with Crippen molar-refractivity contribution in [2.24, 2.45) is 5.73 Å². The van der Waals surface area contributed by atoms with Crippen LogP contribution in [-0.4, -0.2) is 52.7 Å². The number of hydrogen-bond acceptors (Lipinski definition) is 10. The molecule has 11 nitrogen and oxygen atoms in total. The van der Waals surface area contributed by atoms with Gasteiger partial charge in [-0.2, -0.15) is 4.37 Å². The minimum atomic E-state index is -1.17. The van der Waals surface area contributed by atoms with Crippen LogP contribution < -0.4 is 21.5 Å². The van der Waals surface area contributed by atoms with E-state index in [2.05, 4.69) is 9.69 Å². The molecule has 2 aromatic heterocycles. The second-order valence-corrected chi connectivity index (χ2v) is 9.38. The van der Waals surface area contributed by atoms with Crippen molar-refractivity contribution in [3.05, 3.63) is 62.8 Å². The fourth-order valence-electron chi connectivity index (χ4n) is 3.46. The van der Waals surface area contributed by atoms with E-state index < -0.39 is 29.7 Å². The summed E-state index contributed by atoms with van der Waals surface area (Å²) in [5.41, 5.74) is 11.5. The number of carbonyl (C=O) groups is 4. The number of rotatable bonds is 12. The summed E-state index contributed by atoms with van der Waals surface area (Å²) in [6, 6.07) is 9.18. The van der Waals surface area contributed by atoms with Crippen molar-refractivity contribution in [1.82, 2.24) is 14.6 Å². The fraction of sp³-hybridized carbons (Fsp3) is 0.292. The van der Waals surface area contributed by atoms with Gasteiger partial charge in [0.1, 0.15) is 23.2 Å². The molecular weight excluding hydrogens is 518 g/mol. The van der Waals surface area contributed by atoms with Gasteiger partial charge in [0.2, 0.25) is 5.91 Å². The van der Waals surface area contributed by atoms with Crippen molar-refractivity contribution in [1.29, 1.82) is 0 Å². The molecule has 1 aromatic carbocycles. The molecule has 3 amide bonds. The van der Waals surface area contributed by atoms with E-state index in [-0.39, 0.29) is 36.0 Å². The number of nitrogens with two attached hydrogens (primary N) is 2. The molecule has 3 rings (SSSR count). The number of carbonyl (C=O) groups excluding carboxylic acids is 4. The van der Waals surface area contributed by atoms with Crippen molar-refractivity contribution in [3.63, 3.8) is 0 Å². The van der Waals surface area contributed by atoms with E-state index in [0.29, 0.717) is 17.9 Å². The van der Waals surface area contributed by atoms with Crippen LogP contribution in [-0.2, 0) is 20.9 Å². The van der Waals surface area contributed by atoms with E-state index in [1.54, 1.807) is 31.2 Å². The Kier molecular flexibility index (Phi) is 9.57.